The summed E-state index contributed by atoms with van der Waals surface area (Å²) in [4.78, 5) is 33.7. The number of benzene rings is 4. The summed E-state index contributed by atoms with van der Waals surface area (Å²) in [5, 5.41) is 72.0. The minimum absolute atomic E-state index is 0.0258. The predicted molar refractivity (Wildman–Crippen MR) is 174 cm³/mol. The number of phenolic OH excluding ortho intramolecular Hbond substituents is 3. The number of rotatable bonds is 9. The van der Waals surface area contributed by atoms with Crippen molar-refractivity contribution in [1.82, 2.24) is 0 Å². The number of aliphatic hydroxyl groups is 5. The Morgan fingerprint density at radius 2 is 1.42 bits per heavy atom. The molecule has 0 aliphatic carbocycles. The molecule has 4 aromatic rings. The number of aliphatic hydroxyl groups excluding tert-OH is 5. The highest BCUT2D eigenvalue weighted by molar-refractivity contribution is 6.06. The highest BCUT2D eigenvalue weighted by atomic mass is 16.5. The van der Waals surface area contributed by atoms with Gasteiger partial charge in [-0.1, -0.05) is 78.9 Å². The predicted octanol–water partition coefficient (Wildman–Crippen LogP) is 2.71. The normalized spacial score (nSPS) is 16.0. The van der Waals surface area contributed by atoms with Gasteiger partial charge >= 0.3 is 0 Å². The first kappa shape index (κ1) is 37.1. The van der Waals surface area contributed by atoms with Gasteiger partial charge in [-0.3, -0.25) is 9.59 Å². The van der Waals surface area contributed by atoms with E-state index in [1.54, 1.807) is 18.2 Å². The lowest BCUT2D eigenvalue weighted by atomic mass is 9.95. The monoisotopic (exact) mass is 660 g/mol. The molecule has 12 nitrogen and oxygen atoms in total. The van der Waals surface area contributed by atoms with Crippen LogP contribution in [0.1, 0.15) is 44.4 Å². The Morgan fingerprint density at radius 1 is 0.812 bits per heavy atom. The number of carbonyl (C=O) groups is 3. The second-order valence-electron chi connectivity index (χ2n) is 10.5. The van der Waals surface area contributed by atoms with E-state index in [9.17, 15) is 29.7 Å². The third kappa shape index (κ3) is 10.6. The van der Waals surface area contributed by atoms with Crippen molar-refractivity contribution in [2.75, 3.05) is 6.61 Å². The lowest BCUT2D eigenvalue weighted by Gasteiger charge is -2.26. The van der Waals surface area contributed by atoms with Crippen LogP contribution in [-0.4, -0.2) is 89.7 Å². The molecule has 252 valence electrons. The number of Topliss-reactive ketones (excluding diaryl/α,β-unsaturated/α-hetero) is 1. The van der Waals surface area contributed by atoms with Gasteiger partial charge in [-0.05, 0) is 29.3 Å². The van der Waals surface area contributed by atoms with Gasteiger partial charge in [0.15, 0.2) is 17.9 Å². The molecule has 0 aromatic heterocycles. The molecule has 48 heavy (non-hydrogen) atoms. The van der Waals surface area contributed by atoms with Crippen molar-refractivity contribution in [3.8, 4) is 23.0 Å². The van der Waals surface area contributed by atoms with Crippen molar-refractivity contribution in [3.63, 3.8) is 0 Å². The van der Waals surface area contributed by atoms with Crippen molar-refractivity contribution >= 4 is 23.9 Å². The van der Waals surface area contributed by atoms with E-state index in [2.05, 4.69) is 0 Å². The number of hydrogen-bond acceptors (Lipinski definition) is 12. The molecule has 0 saturated heterocycles. The summed E-state index contributed by atoms with van der Waals surface area (Å²) in [5.74, 6) is -0.371. The summed E-state index contributed by atoms with van der Waals surface area (Å²) in [7, 11) is 0. The minimum Gasteiger partial charge on any atom is -0.508 e. The number of allylic oxidation sites excluding steroid dienone is 1. The van der Waals surface area contributed by atoms with Crippen LogP contribution in [0.15, 0.2) is 103 Å². The minimum atomic E-state index is -1.79. The summed E-state index contributed by atoms with van der Waals surface area (Å²) < 4.78 is 5.67. The number of aldehydes is 1. The molecule has 0 spiro atoms. The lowest BCUT2D eigenvalue weighted by Crippen LogP contribution is -2.46. The largest absolute Gasteiger partial charge is 0.508 e. The number of fused-ring (bicyclic) bond motifs is 1. The maximum Gasteiger partial charge on any atom is 0.185 e. The molecular weight excluding hydrogens is 624 g/mol. The second kappa shape index (κ2) is 18.1. The Hall–Kier alpha value is -5.37. The van der Waals surface area contributed by atoms with Crippen molar-refractivity contribution in [1.29, 1.82) is 0 Å². The van der Waals surface area contributed by atoms with Gasteiger partial charge in [0.05, 0.1) is 13.0 Å². The number of ketones is 2. The average molecular weight is 661 g/mol. The zero-order valence-electron chi connectivity index (χ0n) is 25.5. The van der Waals surface area contributed by atoms with Crippen molar-refractivity contribution in [3.05, 3.63) is 125 Å². The van der Waals surface area contributed by atoms with Crippen molar-refractivity contribution in [2.45, 2.75) is 36.9 Å². The van der Waals surface area contributed by atoms with Crippen LogP contribution in [0, 0.1) is 0 Å². The van der Waals surface area contributed by atoms with Crippen LogP contribution < -0.4 is 4.74 Å². The van der Waals surface area contributed by atoms with Gasteiger partial charge in [0.2, 0.25) is 0 Å². The summed E-state index contributed by atoms with van der Waals surface area (Å²) in [6, 6.07) is 27.8. The standard InChI is InChI=1S/C15H12O5.C15H12O.C6H12O6/c16-9-3-1-8(2-4-9)13-7-12(19)15-11(18)5-10(17)6-14(15)20-13;16-15(14-9-5-2-6-10-14)12-11-13-7-3-1-4-8-13;7-1-3(9)5(11)6(12)4(10)2-8/h1-6,13,16-18H,7H2;1-12H;1,3-6,8-12H,2H2/t13-;;3-,4+,5+,6+/m0.0/s1. The van der Waals surface area contributed by atoms with Crippen LogP contribution in [0.25, 0.3) is 6.08 Å². The van der Waals surface area contributed by atoms with E-state index in [0.717, 1.165) is 22.8 Å². The van der Waals surface area contributed by atoms with Gasteiger partial charge in [-0.25, -0.2) is 0 Å². The molecule has 5 atom stereocenters. The molecule has 0 radical (unpaired) electrons. The van der Waals surface area contributed by atoms with Gasteiger partial charge < -0.3 is 50.4 Å². The van der Waals surface area contributed by atoms with E-state index < -0.39 is 37.1 Å². The Kier molecular flexibility index (Phi) is 14.0. The van der Waals surface area contributed by atoms with Crippen LogP contribution in [0.4, 0.5) is 0 Å². The molecule has 0 fully saturated rings. The van der Waals surface area contributed by atoms with E-state index in [1.165, 1.54) is 18.2 Å². The lowest BCUT2D eigenvalue weighted by molar-refractivity contribution is -0.136. The Labute approximate surface area is 275 Å². The molecule has 8 N–H and O–H groups in total. The summed E-state index contributed by atoms with van der Waals surface area (Å²) in [6.45, 7) is -0.760. The Morgan fingerprint density at radius 3 is 2.00 bits per heavy atom. The van der Waals surface area contributed by atoms with E-state index in [1.807, 2.05) is 66.7 Å². The quantitative estimate of drug-likeness (QED) is 0.0738. The zero-order chi connectivity index (χ0) is 35.2. The smallest absolute Gasteiger partial charge is 0.185 e. The van der Waals surface area contributed by atoms with Crippen molar-refractivity contribution < 1.29 is 60.0 Å². The van der Waals surface area contributed by atoms with Crippen LogP contribution in [0.5, 0.6) is 23.0 Å². The molecule has 0 saturated carbocycles. The number of phenols is 3. The number of ether oxygens (including phenoxy) is 1. The first-order chi connectivity index (χ1) is 22.9. The fourth-order valence-corrected chi connectivity index (χ4v) is 4.35. The van der Waals surface area contributed by atoms with Crippen LogP contribution in [0.2, 0.25) is 0 Å². The van der Waals surface area contributed by atoms with Crippen molar-refractivity contribution in [2.24, 2.45) is 0 Å². The highest BCUT2D eigenvalue weighted by Gasteiger charge is 2.31. The fourth-order valence-electron chi connectivity index (χ4n) is 4.35. The summed E-state index contributed by atoms with van der Waals surface area (Å²) >= 11 is 0. The number of aromatic hydroxyl groups is 3. The third-order valence-corrected chi connectivity index (χ3v) is 6.96. The highest BCUT2D eigenvalue weighted by Crippen LogP contribution is 2.41. The number of hydrogen-bond donors (Lipinski definition) is 8. The molecular formula is C36H36O12. The molecule has 4 aromatic carbocycles. The SMILES string of the molecule is O=C(C=Cc1ccccc1)c1ccccc1.O=C1C[C@@H](c2ccc(O)cc2)Oc2cc(O)cc(O)c21.O=C[C@H](O)[C@@H](O)[C@H](O)[C@H](O)CO. The van der Waals surface area contributed by atoms with Gasteiger partial charge in [-0.2, -0.15) is 0 Å². The van der Waals surface area contributed by atoms with Gasteiger partial charge in [0.1, 0.15) is 59.1 Å². The molecule has 1 aliphatic rings. The van der Waals surface area contributed by atoms with Crippen LogP contribution in [-0.2, 0) is 4.79 Å². The fraction of sp³-hybridized carbons (Fsp3) is 0.194. The van der Waals surface area contributed by atoms with Gasteiger partial charge in [-0.15, -0.1) is 0 Å². The Bertz CT molecular complexity index is 1660. The maximum absolute atomic E-state index is 12.1. The van der Waals surface area contributed by atoms with E-state index in [0.29, 0.717) is 0 Å². The summed E-state index contributed by atoms with van der Waals surface area (Å²) in [5.41, 5.74) is 2.59. The zero-order valence-corrected chi connectivity index (χ0v) is 25.5. The van der Waals surface area contributed by atoms with Gasteiger partial charge in [0.25, 0.3) is 0 Å². The second-order valence-corrected chi connectivity index (χ2v) is 10.5. The first-order valence-electron chi connectivity index (χ1n) is 14.6. The number of carbonyl (C=O) groups excluding carboxylic acids is 3. The molecule has 12 heteroatoms. The molecule has 0 amide bonds. The first-order valence-corrected chi connectivity index (χ1v) is 14.6. The van der Waals surface area contributed by atoms with E-state index in [-0.39, 0.29) is 52.8 Å². The Balaban J connectivity index is 0.000000203. The molecule has 0 unspecified atom stereocenters. The average Bonchev–Trinajstić information content (AvgIpc) is 3.10. The van der Waals surface area contributed by atoms with Crippen LogP contribution >= 0.6 is 0 Å². The van der Waals surface area contributed by atoms with E-state index >= 15 is 0 Å². The molecule has 1 aliphatic heterocycles. The van der Waals surface area contributed by atoms with Gasteiger partial charge in [0, 0.05) is 17.7 Å². The molecule has 1 heterocycles. The molecule has 0 bridgehead atoms. The third-order valence-electron chi connectivity index (χ3n) is 6.96. The maximum atomic E-state index is 12.1. The molecule has 5 rings (SSSR count). The topological polar surface area (TPSA) is 222 Å². The summed E-state index contributed by atoms with van der Waals surface area (Å²) in [6.07, 6.45) is -3.82. The van der Waals surface area contributed by atoms with E-state index in [4.69, 9.17) is 30.3 Å². The van der Waals surface area contributed by atoms with Crippen LogP contribution in [0.3, 0.4) is 0 Å².